The molecule has 0 aromatic rings. The number of ether oxygens (including phenoxy) is 1. The number of carbonyl (C=O) groups excluding carboxylic acids is 1. The number of alkyl halides is 2. The summed E-state index contributed by atoms with van der Waals surface area (Å²) in [5.41, 5.74) is 0. The smallest absolute Gasteiger partial charge is 0.412 e. The Kier molecular flexibility index (Phi) is 4.12. The van der Waals surface area contributed by atoms with Gasteiger partial charge in [0.1, 0.15) is 6.10 Å². The maximum absolute atomic E-state index is 12.5. The molecule has 1 rings (SSSR count). The summed E-state index contributed by atoms with van der Waals surface area (Å²) in [4.78, 5) is 10.8. The standard InChI is InChI=1S/C8H12F2O3S/c9-8(10,14-12)7(11)13-6-4-2-1-3-5-6/h6,12H,1-5H2. The van der Waals surface area contributed by atoms with Crippen molar-refractivity contribution in [2.24, 2.45) is 0 Å². The van der Waals surface area contributed by atoms with Crippen molar-refractivity contribution in [3.05, 3.63) is 0 Å². The van der Waals surface area contributed by atoms with Crippen molar-refractivity contribution in [1.29, 1.82) is 0 Å². The summed E-state index contributed by atoms with van der Waals surface area (Å²) >= 11 is -0.784. The van der Waals surface area contributed by atoms with Gasteiger partial charge in [0.05, 0.1) is 12.0 Å². The summed E-state index contributed by atoms with van der Waals surface area (Å²) in [6.07, 6.45) is 3.72. The highest BCUT2D eigenvalue weighted by Crippen LogP contribution is 2.30. The fourth-order valence-corrected chi connectivity index (χ4v) is 1.56. The molecule has 1 fully saturated rings. The zero-order valence-electron chi connectivity index (χ0n) is 7.54. The van der Waals surface area contributed by atoms with Gasteiger partial charge >= 0.3 is 11.2 Å². The second-order valence-electron chi connectivity index (χ2n) is 3.27. The Morgan fingerprint density at radius 2 is 1.93 bits per heavy atom. The molecule has 0 aromatic carbocycles. The van der Waals surface area contributed by atoms with Crippen molar-refractivity contribution in [1.82, 2.24) is 0 Å². The van der Waals surface area contributed by atoms with E-state index in [2.05, 4.69) is 4.74 Å². The average molecular weight is 226 g/mol. The molecule has 1 N–H and O–H groups in total. The molecule has 1 aliphatic rings. The van der Waals surface area contributed by atoms with Crippen LogP contribution in [-0.4, -0.2) is 21.9 Å². The Bertz CT molecular complexity index is 205. The van der Waals surface area contributed by atoms with E-state index in [0.29, 0.717) is 12.8 Å². The van der Waals surface area contributed by atoms with Gasteiger partial charge in [-0.25, -0.2) is 4.79 Å². The van der Waals surface area contributed by atoms with E-state index in [-0.39, 0.29) is 0 Å². The molecule has 0 spiro atoms. The molecule has 1 saturated carbocycles. The SMILES string of the molecule is O=C(OC1CCCCC1)C(F)(F)SO. The molecule has 0 heterocycles. The van der Waals surface area contributed by atoms with Crippen LogP contribution in [0.25, 0.3) is 0 Å². The highest BCUT2D eigenvalue weighted by Gasteiger charge is 2.43. The van der Waals surface area contributed by atoms with Crippen molar-refractivity contribution in [2.45, 2.75) is 43.5 Å². The number of carbonyl (C=O) groups is 1. The summed E-state index contributed by atoms with van der Waals surface area (Å²) in [6.45, 7) is 0. The predicted molar refractivity (Wildman–Crippen MR) is 48.1 cm³/mol. The number of hydrogen-bond acceptors (Lipinski definition) is 4. The van der Waals surface area contributed by atoms with E-state index in [1.54, 1.807) is 0 Å². The summed E-state index contributed by atoms with van der Waals surface area (Å²) in [5, 5.41) is -3.84. The zero-order valence-corrected chi connectivity index (χ0v) is 8.36. The van der Waals surface area contributed by atoms with E-state index in [1.165, 1.54) is 0 Å². The minimum absolute atomic E-state index is 0.408. The normalized spacial score (nSPS) is 19.4. The van der Waals surface area contributed by atoms with Crippen molar-refractivity contribution in [3.8, 4) is 0 Å². The zero-order chi connectivity index (χ0) is 10.6. The lowest BCUT2D eigenvalue weighted by Gasteiger charge is -2.23. The van der Waals surface area contributed by atoms with Crippen molar-refractivity contribution in [3.63, 3.8) is 0 Å². The second kappa shape index (κ2) is 4.93. The molecule has 0 saturated heterocycles. The van der Waals surface area contributed by atoms with Gasteiger partial charge in [0.15, 0.2) is 0 Å². The molecule has 0 unspecified atom stereocenters. The molecular weight excluding hydrogens is 214 g/mol. The average Bonchev–Trinajstić information content (AvgIpc) is 2.19. The fourth-order valence-electron chi connectivity index (χ4n) is 1.44. The van der Waals surface area contributed by atoms with Crippen molar-refractivity contribution >= 4 is 18.0 Å². The molecule has 0 radical (unpaired) electrons. The van der Waals surface area contributed by atoms with Crippen molar-refractivity contribution in [2.75, 3.05) is 0 Å². The number of halogens is 2. The first-order chi connectivity index (χ1) is 6.56. The molecule has 1 aliphatic carbocycles. The van der Waals surface area contributed by atoms with Crippen LogP contribution >= 0.6 is 12.0 Å². The predicted octanol–water partition coefficient (Wildman–Crippen LogP) is 2.66. The number of hydrogen-bond donors (Lipinski definition) is 1. The van der Waals surface area contributed by atoms with Gasteiger partial charge in [-0.3, -0.25) is 0 Å². The lowest BCUT2D eigenvalue weighted by Crippen LogP contribution is -2.31. The third-order valence-electron chi connectivity index (χ3n) is 2.18. The monoisotopic (exact) mass is 226 g/mol. The van der Waals surface area contributed by atoms with E-state index >= 15 is 0 Å². The highest BCUT2D eigenvalue weighted by atomic mass is 32.2. The molecule has 0 aromatic heterocycles. The first-order valence-electron chi connectivity index (χ1n) is 4.48. The molecule has 3 nitrogen and oxygen atoms in total. The fraction of sp³-hybridized carbons (Fsp3) is 0.875. The number of rotatable bonds is 3. The van der Waals surface area contributed by atoms with Crippen LogP contribution in [0.15, 0.2) is 0 Å². The highest BCUT2D eigenvalue weighted by molar-refractivity contribution is 7.95. The summed E-state index contributed by atoms with van der Waals surface area (Å²) in [6, 6.07) is 0. The largest absolute Gasteiger partial charge is 0.457 e. The van der Waals surface area contributed by atoms with E-state index < -0.39 is 29.4 Å². The van der Waals surface area contributed by atoms with E-state index in [0.717, 1.165) is 19.3 Å². The Labute approximate surface area is 85.0 Å². The van der Waals surface area contributed by atoms with Crippen LogP contribution in [0.2, 0.25) is 0 Å². The Morgan fingerprint density at radius 1 is 1.36 bits per heavy atom. The Balaban J connectivity index is 2.39. The topological polar surface area (TPSA) is 46.5 Å². The maximum Gasteiger partial charge on any atom is 0.412 e. The van der Waals surface area contributed by atoms with Crippen LogP contribution in [0.4, 0.5) is 8.78 Å². The summed E-state index contributed by atoms with van der Waals surface area (Å²) < 4.78 is 37.8. The second-order valence-corrected chi connectivity index (χ2v) is 3.97. The van der Waals surface area contributed by atoms with Gasteiger partial charge in [0.25, 0.3) is 0 Å². The summed E-state index contributed by atoms with van der Waals surface area (Å²) in [5.74, 6) is -1.64. The van der Waals surface area contributed by atoms with Gasteiger partial charge in [-0.1, -0.05) is 6.42 Å². The molecule has 0 aliphatic heterocycles. The third-order valence-corrected chi connectivity index (χ3v) is 2.57. The summed E-state index contributed by atoms with van der Waals surface area (Å²) in [7, 11) is 0. The molecule has 0 atom stereocenters. The first kappa shape index (κ1) is 11.7. The molecular formula is C8H12F2O3S. The van der Waals surface area contributed by atoms with Crippen molar-refractivity contribution < 1.29 is 22.9 Å². The molecule has 0 amide bonds. The van der Waals surface area contributed by atoms with E-state index in [4.69, 9.17) is 4.55 Å². The maximum atomic E-state index is 12.5. The molecule has 14 heavy (non-hydrogen) atoms. The molecule has 0 bridgehead atoms. The van der Waals surface area contributed by atoms with E-state index in [1.807, 2.05) is 0 Å². The lowest BCUT2D eigenvalue weighted by molar-refractivity contribution is -0.167. The van der Waals surface area contributed by atoms with E-state index in [9.17, 15) is 13.6 Å². The lowest BCUT2D eigenvalue weighted by atomic mass is 9.98. The van der Waals surface area contributed by atoms with Gasteiger partial charge in [0, 0.05) is 0 Å². The van der Waals surface area contributed by atoms with Crippen LogP contribution in [0.5, 0.6) is 0 Å². The van der Waals surface area contributed by atoms with Gasteiger partial charge < -0.3 is 9.29 Å². The van der Waals surface area contributed by atoms with Gasteiger partial charge in [-0.15, -0.1) is 0 Å². The number of esters is 1. The first-order valence-corrected chi connectivity index (χ1v) is 5.25. The minimum Gasteiger partial charge on any atom is -0.457 e. The van der Waals surface area contributed by atoms with Crippen LogP contribution < -0.4 is 0 Å². The molecule has 6 heteroatoms. The van der Waals surface area contributed by atoms with Crippen LogP contribution in [-0.2, 0) is 9.53 Å². The van der Waals surface area contributed by atoms with Crippen LogP contribution in [0.1, 0.15) is 32.1 Å². The third kappa shape index (κ3) is 3.09. The Morgan fingerprint density at radius 3 is 2.43 bits per heavy atom. The Hall–Kier alpha value is -0.360. The minimum atomic E-state index is -3.84. The quantitative estimate of drug-likeness (QED) is 0.593. The van der Waals surface area contributed by atoms with Crippen LogP contribution in [0, 0.1) is 0 Å². The van der Waals surface area contributed by atoms with Gasteiger partial charge in [-0.2, -0.15) is 8.78 Å². The van der Waals surface area contributed by atoms with Crippen LogP contribution in [0.3, 0.4) is 0 Å². The molecule has 82 valence electrons. The van der Waals surface area contributed by atoms with Gasteiger partial charge in [-0.05, 0) is 25.7 Å². The van der Waals surface area contributed by atoms with Gasteiger partial charge in [0.2, 0.25) is 0 Å².